The molecular formula is C14H25N3. The maximum Gasteiger partial charge on any atom is 0.0537 e. The molecule has 17 heavy (non-hydrogen) atoms. The molecule has 1 fully saturated rings. The minimum Gasteiger partial charge on any atom is -0.313 e. The van der Waals surface area contributed by atoms with Crippen LogP contribution in [0.2, 0.25) is 0 Å². The topological polar surface area (TPSA) is 29.9 Å². The third-order valence-corrected chi connectivity index (χ3v) is 4.09. The Bertz CT molecular complexity index is 337. The fourth-order valence-electron chi connectivity index (χ4n) is 2.76. The molecule has 1 N–H and O–H groups in total. The molecule has 1 aromatic heterocycles. The Morgan fingerprint density at radius 1 is 1.41 bits per heavy atom. The second kappa shape index (κ2) is 6.20. The zero-order chi connectivity index (χ0) is 12.1. The summed E-state index contributed by atoms with van der Waals surface area (Å²) >= 11 is 0. The van der Waals surface area contributed by atoms with Crippen molar-refractivity contribution in [1.29, 1.82) is 0 Å². The van der Waals surface area contributed by atoms with Crippen LogP contribution in [0.3, 0.4) is 0 Å². The van der Waals surface area contributed by atoms with Gasteiger partial charge < -0.3 is 5.32 Å². The molecule has 0 aromatic carbocycles. The van der Waals surface area contributed by atoms with Crippen LogP contribution in [-0.4, -0.2) is 16.3 Å². The highest BCUT2D eigenvalue weighted by atomic mass is 15.3. The van der Waals surface area contributed by atoms with Crippen LogP contribution in [0.15, 0.2) is 6.20 Å². The van der Waals surface area contributed by atoms with E-state index >= 15 is 0 Å². The summed E-state index contributed by atoms with van der Waals surface area (Å²) in [6.07, 6.45) is 10.6. The number of hydrogen-bond acceptors (Lipinski definition) is 2. The predicted molar refractivity (Wildman–Crippen MR) is 70.8 cm³/mol. The summed E-state index contributed by atoms with van der Waals surface area (Å²) in [6, 6.07) is 0. The van der Waals surface area contributed by atoms with Crippen LogP contribution >= 0.6 is 0 Å². The number of nitrogens with one attached hydrogen (secondary N) is 1. The van der Waals surface area contributed by atoms with E-state index in [9.17, 15) is 0 Å². The highest BCUT2D eigenvalue weighted by Crippen LogP contribution is 2.28. The molecule has 1 saturated carbocycles. The van der Waals surface area contributed by atoms with Gasteiger partial charge in [-0.25, -0.2) is 0 Å². The molecule has 0 bridgehead atoms. The lowest BCUT2D eigenvalue weighted by Gasteiger charge is -2.09. The summed E-state index contributed by atoms with van der Waals surface area (Å²) in [5, 5.41) is 7.78. The SMILES string of the molecule is Cc1c(CNCCCC2CCCC2)cnn1C. The predicted octanol–water partition coefficient (Wildman–Crippen LogP) is 2.79. The van der Waals surface area contributed by atoms with Crippen LogP contribution in [0.25, 0.3) is 0 Å². The molecule has 3 nitrogen and oxygen atoms in total. The number of rotatable bonds is 6. The van der Waals surface area contributed by atoms with Crippen LogP contribution in [0.4, 0.5) is 0 Å². The van der Waals surface area contributed by atoms with Gasteiger partial charge in [0.15, 0.2) is 0 Å². The third kappa shape index (κ3) is 3.56. The van der Waals surface area contributed by atoms with Gasteiger partial charge in [0, 0.05) is 24.8 Å². The Labute approximate surface area is 105 Å². The van der Waals surface area contributed by atoms with Crippen molar-refractivity contribution >= 4 is 0 Å². The fraction of sp³-hybridized carbons (Fsp3) is 0.786. The number of aryl methyl sites for hydroxylation is 1. The lowest BCUT2D eigenvalue weighted by molar-refractivity contribution is 0.470. The van der Waals surface area contributed by atoms with E-state index in [2.05, 4.69) is 17.3 Å². The first-order valence-electron chi connectivity index (χ1n) is 6.95. The van der Waals surface area contributed by atoms with Gasteiger partial charge in [-0.05, 0) is 32.2 Å². The van der Waals surface area contributed by atoms with Gasteiger partial charge in [-0.1, -0.05) is 25.7 Å². The summed E-state index contributed by atoms with van der Waals surface area (Å²) < 4.78 is 1.94. The van der Waals surface area contributed by atoms with E-state index in [0.717, 1.165) is 19.0 Å². The number of aromatic nitrogens is 2. The minimum absolute atomic E-state index is 0.963. The van der Waals surface area contributed by atoms with Crippen molar-refractivity contribution < 1.29 is 0 Å². The summed E-state index contributed by atoms with van der Waals surface area (Å²) in [7, 11) is 2.00. The van der Waals surface area contributed by atoms with Crippen LogP contribution < -0.4 is 5.32 Å². The lowest BCUT2D eigenvalue weighted by Crippen LogP contribution is -2.16. The number of nitrogens with zero attached hydrogens (tertiary/aromatic N) is 2. The monoisotopic (exact) mass is 235 g/mol. The summed E-state index contributed by atoms with van der Waals surface area (Å²) in [6.45, 7) is 4.23. The average molecular weight is 235 g/mol. The van der Waals surface area contributed by atoms with Crippen molar-refractivity contribution in [2.45, 2.75) is 52.0 Å². The zero-order valence-electron chi connectivity index (χ0n) is 11.2. The standard InChI is InChI=1S/C14H25N3/c1-12-14(11-16-17(12)2)10-15-9-5-8-13-6-3-4-7-13/h11,13,15H,3-10H2,1-2H3. The molecule has 0 aliphatic heterocycles. The van der Waals surface area contributed by atoms with Crippen molar-refractivity contribution in [2.75, 3.05) is 6.54 Å². The quantitative estimate of drug-likeness (QED) is 0.768. The van der Waals surface area contributed by atoms with Gasteiger partial charge in [0.1, 0.15) is 0 Å². The molecule has 1 heterocycles. The van der Waals surface area contributed by atoms with Crippen molar-refractivity contribution in [3.05, 3.63) is 17.5 Å². The molecular weight excluding hydrogens is 210 g/mol. The molecule has 1 aromatic rings. The van der Waals surface area contributed by atoms with E-state index in [-0.39, 0.29) is 0 Å². The van der Waals surface area contributed by atoms with Crippen LogP contribution in [0.1, 0.15) is 49.8 Å². The Morgan fingerprint density at radius 3 is 2.82 bits per heavy atom. The van der Waals surface area contributed by atoms with Gasteiger partial charge in [0.2, 0.25) is 0 Å². The molecule has 3 heteroatoms. The van der Waals surface area contributed by atoms with E-state index in [1.54, 1.807) is 0 Å². The highest BCUT2D eigenvalue weighted by molar-refractivity contribution is 5.15. The normalized spacial score (nSPS) is 16.8. The van der Waals surface area contributed by atoms with E-state index in [1.165, 1.54) is 49.8 Å². The Hall–Kier alpha value is -0.830. The van der Waals surface area contributed by atoms with Gasteiger partial charge in [0.05, 0.1) is 6.20 Å². The van der Waals surface area contributed by atoms with Gasteiger partial charge >= 0.3 is 0 Å². The average Bonchev–Trinajstić information content (AvgIpc) is 2.93. The van der Waals surface area contributed by atoms with Gasteiger partial charge in [-0.15, -0.1) is 0 Å². The maximum atomic E-state index is 4.25. The maximum absolute atomic E-state index is 4.25. The van der Waals surface area contributed by atoms with E-state index in [4.69, 9.17) is 0 Å². The number of hydrogen-bond donors (Lipinski definition) is 1. The van der Waals surface area contributed by atoms with Crippen LogP contribution in [-0.2, 0) is 13.6 Å². The Morgan fingerprint density at radius 2 is 2.18 bits per heavy atom. The second-order valence-corrected chi connectivity index (χ2v) is 5.35. The molecule has 0 atom stereocenters. The summed E-state index contributed by atoms with van der Waals surface area (Å²) in [5.41, 5.74) is 2.60. The van der Waals surface area contributed by atoms with E-state index < -0.39 is 0 Å². The Balaban J connectivity index is 1.58. The van der Waals surface area contributed by atoms with Crippen LogP contribution in [0, 0.1) is 12.8 Å². The molecule has 2 rings (SSSR count). The first kappa shape index (κ1) is 12.6. The van der Waals surface area contributed by atoms with E-state index in [0.29, 0.717) is 0 Å². The molecule has 0 unspecified atom stereocenters. The first-order chi connectivity index (χ1) is 8.27. The lowest BCUT2D eigenvalue weighted by atomic mass is 10.0. The summed E-state index contributed by atoms with van der Waals surface area (Å²) in [5.74, 6) is 1.02. The van der Waals surface area contributed by atoms with Gasteiger partial charge in [0.25, 0.3) is 0 Å². The zero-order valence-corrected chi connectivity index (χ0v) is 11.2. The molecule has 0 saturated heterocycles. The third-order valence-electron chi connectivity index (χ3n) is 4.09. The molecule has 1 aliphatic rings. The van der Waals surface area contributed by atoms with Crippen molar-refractivity contribution in [3.8, 4) is 0 Å². The molecule has 96 valence electrons. The minimum atomic E-state index is 0.963. The molecule has 1 aliphatic carbocycles. The van der Waals surface area contributed by atoms with Crippen molar-refractivity contribution in [2.24, 2.45) is 13.0 Å². The molecule has 0 amide bonds. The fourth-order valence-corrected chi connectivity index (χ4v) is 2.76. The molecule has 0 spiro atoms. The molecule has 0 radical (unpaired) electrons. The first-order valence-corrected chi connectivity index (χ1v) is 6.95. The summed E-state index contributed by atoms with van der Waals surface area (Å²) in [4.78, 5) is 0. The smallest absolute Gasteiger partial charge is 0.0537 e. The van der Waals surface area contributed by atoms with Gasteiger partial charge in [-0.2, -0.15) is 5.10 Å². The van der Waals surface area contributed by atoms with E-state index in [1.807, 2.05) is 17.9 Å². The van der Waals surface area contributed by atoms with Crippen LogP contribution in [0.5, 0.6) is 0 Å². The van der Waals surface area contributed by atoms with Crippen molar-refractivity contribution in [1.82, 2.24) is 15.1 Å². The second-order valence-electron chi connectivity index (χ2n) is 5.35. The van der Waals surface area contributed by atoms with Crippen molar-refractivity contribution in [3.63, 3.8) is 0 Å². The largest absolute Gasteiger partial charge is 0.313 e. The Kier molecular flexibility index (Phi) is 4.60. The van der Waals surface area contributed by atoms with Gasteiger partial charge in [-0.3, -0.25) is 4.68 Å². The highest BCUT2D eigenvalue weighted by Gasteiger charge is 2.13.